The van der Waals surface area contributed by atoms with Gasteiger partial charge in [-0.1, -0.05) is 12.1 Å². The van der Waals surface area contributed by atoms with Gasteiger partial charge in [-0.05, 0) is 32.0 Å². The highest BCUT2D eigenvalue weighted by molar-refractivity contribution is 5.75. The van der Waals surface area contributed by atoms with Crippen molar-refractivity contribution in [1.29, 1.82) is 0 Å². The zero-order valence-electron chi connectivity index (χ0n) is 14.0. The van der Waals surface area contributed by atoms with E-state index >= 15 is 0 Å². The number of aromatic amines is 1. The minimum absolute atomic E-state index is 0.0525. The lowest BCUT2D eigenvalue weighted by molar-refractivity contribution is -0.384. The Labute approximate surface area is 144 Å². The Morgan fingerprint density at radius 2 is 2.12 bits per heavy atom. The van der Waals surface area contributed by atoms with Gasteiger partial charge in [0.15, 0.2) is 0 Å². The summed E-state index contributed by atoms with van der Waals surface area (Å²) in [5, 5.41) is 11.1. The lowest BCUT2D eigenvalue weighted by atomic mass is 10.0. The van der Waals surface area contributed by atoms with Crippen molar-refractivity contribution in [3.05, 3.63) is 58.4 Å². The molecule has 128 valence electrons. The second-order valence-electron chi connectivity index (χ2n) is 6.83. The minimum atomic E-state index is -0.394. The van der Waals surface area contributed by atoms with Gasteiger partial charge in [0.25, 0.3) is 5.69 Å². The number of ether oxygens (including phenoxy) is 1. The third-order valence-electron chi connectivity index (χ3n) is 4.23. The first-order valence-corrected chi connectivity index (χ1v) is 8.07. The van der Waals surface area contributed by atoms with E-state index in [9.17, 15) is 10.1 Å². The van der Waals surface area contributed by atoms with Crippen LogP contribution in [0.2, 0.25) is 0 Å². The monoisotopic (exact) mass is 338 g/mol. The Kier molecular flexibility index (Phi) is 3.38. The van der Waals surface area contributed by atoms with E-state index < -0.39 is 5.60 Å². The Hall–Kier alpha value is -3.09. The number of aromatic nitrogens is 2. The summed E-state index contributed by atoms with van der Waals surface area (Å²) >= 11 is 0. The second kappa shape index (κ2) is 5.47. The maximum Gasteiger partial charge on any atom is 0.271 e. The summed E-state index contributed by atoms with van der Waals surface area (Å²) in [6.07, 6.45) is 0. The molecular weight excluding hydrogens is 320 g/mol. The fourth-order valence-electron chi connectivity index (χ4n) is 3.23. The standard InChI is InChI=1S/C18H18N4O3/c1-18(2)11-21(10-17-19-13-5-3-4-6-14(13)20-17)15-9-12(22(23)24)7-8-16(15)25-18/h3-9H,10-11H2,1-2H3,(H,19,20). The number of hydrogen-bond acceptors (Lipinski definition) is 5. The molecule has 3 aromatic rings. The van der Waals surface area contributed by atoms with E-state index in [1.807, 2.05) is 38.1 Å². The van der Waals surface area contributed by atoms with Crippen LogP contribution in [0, 0.1) is 10.1 Å². The van der Waals surface area contributed by atoms with Gasteiger partial charge in [-0.25, -0.2) is 4.98 Å². The van der Waals surface area contributed by atoms with Crippen LogP contribution in [-0.2, 0) is 6.54 Å². The van der Waals surface area contributed by atoms with Gasteiger partial charge in [-0.2, -0.15) is 0 Å². The zero-order chi connectivity index (χ0) is 17.6. The highest BCUT2D eigenvalue weighted by Gasteiger charge is 2.33. The molecule has 25 heavy (non-hydrogen) atoms. The van der Waals surface area contributed by atoms with Crippen molar-refractivity contribution in [2.45, 2.75) is 26.0 Å². The van der Waals surface area contributed by atoms with Crippen LogP contribution in [0.3, 0.4) is 0 Å². The van der Waals surface area contributed by atoms with Gasteiger partial charge in [0.05, 0.1) is 34.7 Å². The number of para-hydroxylation sites is 2. The largest absolute Gasteiger partial charge is 0.484 e. The predicted octanol–water partition coefficient (Wildman–Crippen LogP) is 3.65. The normalized spacial score (nSPS) is 15.7. The molecule has 0 saturated carbocycles. The first kappa shape index (κ1) is 15.4. The summed E-state index contributed by atoms with van der Waals surface area (Å²) in [6, 6.07) is 12.5. The van der Waals surface area contributed by atoms with Crippen molar-refractivity contribution in [3.63, 3.8) is 0 Å². The average molecular weight is 338 g/mol. The predicted molar refractivity (Wildman–Crippen MR) is 94.9 cm³/mol. The molecule has 7 heteroatoms. The van der Waals surface area contributed by atoms with Gasteiger partial charge < -0.3 is 14.6 Å². The van der Waals surface area contributed by atoms with Crippen molar-refractivity contribution >= 4 is 22.4 Å². The van der Waals surface area contributed by atoms with Gasteiger partial charge >= 0.3 is 0 Å². The van der Waals surface area contributed by atoms with Crippen LogP contribution in [0.4, 0.5) is 11.4 Å². The van der Waals surface area contributed by atoms with Crippen LogP contribution in [0.1, 0.15) is 19.7 Å². The second-order valence-corrected chi connectivity index (χ2v) is 6.83. The fraction of sp³-hybridized carbons (Fsp3) is 0.278. The lowest BCUT2D eigenvalue weighted by Gasteiger charge is -2.40. The average Bonchev–Trinajstić information content (AvgIpc) is 2.95. The Morgan fingerprint density at radius 1 is 1.32 bits per heavy atom. The minimum Gasteiger partial charge on any atom is -0.484 e. The highest BCUT2D eigenvalue weighted by Crippen LogP contribution is 2.39. The van der Waals surface area contributed by atoms with E-state index in [4.69, 9.17) is 4.74 Å². The third kappa shape index (κ3) is 2.88. The summed E-state index contributed by atoms with van der Waals surface area (Å²) in [5.41, 5.74) is 2.26. The number of benzene rings is 2. The number of nitro groups is 1. The molecule has 0 amide bonds. The number of anilines is 1. The first-order valence-electron chi connectivity index (χ1n) is 8.07. The summed E-state index contributed by atoms with van der Waals surface area (Å²) < 4.78 is 5.99. The van der Waals surface area contributed by atoms with Crippen molar-refractivity contribution in [2.75, 3.05) is 11.4 Å². The summed E-state index contributed by atoms with van der Waals surface area (Å²) in [4.78, 5) is 20.7. The Bertz CT molecular complexity index is 931. The van der Waals surface area contributed by atoms with Crippen molar-refractivity contribution in [3.8, 4) is 5.75 Å². The number of hydrogen-bond donors (Lipinski definition) is 1. The zero-order valence-corrected chi connectivity index (χ0v) is 14.0. The number of imidazole rings is 1. The molecule has 2 aromatic carbocycles. The Balaban J connectivity index is 1.73. The van der Waals surface area contributed by atoms with E-state index in [2.05, 4.69) is 14.9 Å². The number of nitrogens with zero attached hydrogens (tertiary/aromatic N) is 3. The first-order chi connectivity index (χ1) is 11.9. The van der Waals surface area contributed by atoms with E-state index in [0.717, 1.165) is 16.9 Å². The molecule has 0 bridgehead atoms. The van der Waals surface area contributed by atoms with Gasteiger partial charge in [-0.3, -0.25) is 10.1 Å². The molecule has 4 rings (SSSR count). The van der Waals surface area contributed by atoms with Gasteiger partial charge in [-0.15, -0.1) is 0 Å². The molecule has 2 heterocycles. The van der Waals surface area contributed by atoms with E-state index in [1.54, 1.807) is 12.1 Å². The molecule has 0 spiro atoms. The molecule has 7 nitrogen and oxygen atoms in total. The lowest BCUT2D eigenvalue weighted by Crippen LogP contribution is -2.46. The molecule has 1 N–H and O–H groups in total. The number of fused-ring (bicyclic) bond motifs is 2. The highest BCUT2D eigenvalue weighted by atomic mass is 16.6. The maximum absolute atomic E-state index is 11.1. The number of rotatable bonds is 3. The Morgan fingerprint density at radius 3 is 2.88 bits per heavy atom. The fourth-order valence-corrected chi connectivity index (χ4v) is 3.23. The maximum atomic E-state index is 11.1. The molecule has 0 saturated heterocycles. The molecule has 1 aromatic heterocycles. The summed E-state index contributed by atoms with van der Waals surface area (Å²) in [5.74, 6) is 1.47. The van der Waals surface area contributed by atoms with E-state index in [-0.39, 0.29) is 10.6 Å². The molecule has 1 aliphatic heterocycles. The van der Waals surface area contributed by atoms with Gasteiger partial charge in [0.2, 0.25) is 0 Å². The number of nitro benzene ring substituents is 1. The van der Waals surface area contributed by atoms with Crippen molar-refractivity contribution in [1.82, 2.24) is 9.97 Å². The van der Waals surface area contributed by atoms with Crippen LogP contribution < -0.4 is 9.64 Å². The number of non-ortho nitro benzene ring substituents is 1. The molecule has 0 atom stereocenters. The molecule has 0 fully saturated rings. The molecule has 0 aliphatic carbocycles. The van der Waals surface area contributed by atoms with Crippen LogP contribution in [0.15, 0.2) is 42.5 Å². The van der Waals surface area contributed by atoms with Crippen LogP contribution in [0.25, 0.3) is 11.0 Å². The third-order valence-corrected chi connectivity index (χ3v) is 4.23. The molecular formula is C18H18N4O3. The van der Waals surface area contributed by atoms with Crippen molar-refractivity contribution in [2.24, 2.45) is 0 Å². The van der Waals surface area contributed by atoms with Crippen molar-refractivity contribution < 1.29 is 9.66 Å². The van der Waals surface area contributed by atoms with Gasteiger partial charge in [0.1, 0.15) is 17.2 Å². The van der Waals surface area contributed by atoms with E-state index in [0.29, 0.717) is 24.5 Å². The summed E-state index contributed by atoms with van der Waals surface area (Å²) in [6.45, 7) is 5.14. The summed E-state index contributed by atoms with van der Waals surface area (Å²) in [7, 11) is 0. The van der Waals surface area contributed by atoms with Crippen LogP contribution in [-0.4, -0.2) is 27.0 Å². The van der Waals surface area contributed by atoms with Crippen LogP contribution in [0.5, 0.6) is 5.75 Å². The SMILES string of the molecule is CC1(C)CN(Cc2nc3ccccc3[nH]2)c2cc([N+](=O)[O-])ccc2O1. The smallest absolute Gasteiger partial charge is 0.271 e. The molecule has 0 unspecified atom stereocenters. The topological polar surface area (TPSA) is 84.3 Å². The number of nitrogens with one attached hydrogen (secondary N) is 1. The van der Waals surface area contributed by atoms with Crippen LogP contribution >= 0.6 is 0 Å². The van der Waals surface area contributed by atoms with E-state index in [1.165, 1.54) is 6.07 Å². The quantitative estimate of drug-likeness (QED) is 0.582. The van der Waals surface area contributed by atoms with Gasteiger partial charge in [0, 0.05) is 12.1 Å². The number of H-pyrrole nitrogens is 1. The molecule has 0 radical (unpaired) electrons. The molecule has 1 aliphatic rings.